The lowest BCUT2D eigenvalue weighted by Crippen LogP contribution is -2.30. The van der Waals surface area contributed by atoms with Gasteiger partial charge in [-0.1, -0.05) is 0 Å². The molecule has 0 amide bonds. The Kier molecular flexibility index (Phi) is 5.04. The number of anilines is 1. The Morgan fingerprint density at radius 3 is 2.69 bits per heavy atom. The van der Waals surface area contributed by atoms with Gasteiger partial charge in [0.2, 0.25) is 11.3 Å². The lowest BCUT2D eigenvalue weighted by molar-refractivity contribution is 0.0695. The quantitative estimate of drug-likeness (QED) is 0.633. The zero-order valence-corrected chi connectivity index (χ0v) is 18.6. The van der Waals surface area contributed by atoms with Gasteiger partial charge in [0.1, 0.15) is 11.8 Å². The Morgan fingerprint density at radius 1 is 1.28 bits per heavy atom. The van der Waals surface area contributed by atoms with Crippen LogP contribution in [0, 0.1) is 12.8 Å². The zero-order chi connectivity index (χ0) is 22.6. The molecule has 1 aromatic carbocycles. The summed E-state index contributed by atoms with van der Waals surface area (Å²) in [5.41, 5.74) is 2.43. The highest BCUT2D eigenvalue weighted by Gasteiger charge is 2.35. The van der Waals surface area contributed by atoms with Crippen molar-refractivity contribution in [2.24, 2.45) is 5.92 Å². The Labute approximate surface area is 186 Å². The minimum absolute atomic E-state index is 0.0959. The second-order valence-electron chi connectivity index (χ2n) is 9.19. The fourth-order valence-electron chi connectivity index (χ4n) is 5.24. The molecule has 2 atom stereocenters. The van der Waals surface area contributed by atoms with Crippen molar-refractivity contribution in [1.82, 2.24) is 14.5 Å². The number of aromatic carboxylic acids is 1. The summed E-state index contributed by atoms with van der Waals surface area (Å²) in [6, 6.07) is 4.13. The van der Waals surface area contributed by atoms with Gasteiger partial charge in [-0.25, -0.2) is 9.78 Å². The molecular formula is C24H28N4O4. The molecular weight excluding hydrogens is 408 g/mol. The lowest BCUT2D eigenvalue weighted by Gasteiger charge is -2.28. The Balaban J connectivity index is 1.54. The van der Waals surface area contributed by atoms with Crippen molar-refractivity contribution < 1.29 is 14.3 Å². The van der Waals surface area contributed by atoms with E-state index in [1.165, 1.54) is 0 Å². The molecule has 168 valence electrons. The molecule has 5 rings (SSSR count). The highest BCUT2D eigenvalue weighted by molar-refractivity contribution is 5.95. The van der Waals surface area contributed by atoms with Crippen molar-refractivity contribution >= 4 is 22.6 Å². The molecule has 1 aliphatic heterocycles. The van der Waals surface area contributed by atoms with Gasteiger partial charge in [-0.3, -0.25) is 9.69 Å². The first-order valence-electron chi connectivity index (χ1n) is 11.1. The molecule has 0 bridgehead atoms. The van der Waals surface area contributed by atoms with E-state index in [1.807, 2.05) is 31.7 Å². The first-order valence-corrected chi connectivity index (χ1v) is 11.1. The van der Waals surface area contributed by atoms with Crippen molar-refractivity contribution in [2.75, 3.05) is 32.1 Å². The number of rotatable bonds is 6. The molecule has 1 saturated heterocycles. The van der Waals surface area contributed by atoms with Crippen molar-refractivity contribution in [1.29, 1.82) is 0 Å². The van der Waals surface area contributed by atoms with Crippen LogP contribution in [0.5, 0.6) is 0 Å². The molecule has 8 heteroatoms. The highest BCUT2D eigenvalue weighted by Crippen LogP contribution is 2.41. The van der Waals surface area contributed by atoms with Gasteiger partial charge < -0.3 is 19.0 Å². The predicted molar refractivity (Wildman–Crippen MR) is 121 cm³/mol. The van der Waals surface area contributed by atoms with Gasteiger partial charge in [0.25, 0.3) is 0 Å². The maximum atomic E-state index is 12.9. The number of pyridine rings is 1. The number of oxazole rings is 1. The lowest BCUT2D eigenvalue weighted by atomic mass is 9.98. The van der Waals surface area contributed by atoms with Crippen molar-refractivity contribution in [3.8, 4) is 0 Å². The monoisotopic (exact) mass is 436 g/mol. The minimum Gasteiger partial charge on any atom is -0.477 e. The van der Waals surface area contributed by atoms with Crippen LogP contribution in [0.3, 0.4) is 0 Å². The van der Waals surface area contributed by atoms with Gasteiger partial charge in [0.05, 0.1) is 17.8 Å². The molecule has 1 saturated carbocycles. The third-order valence-electron chi connectivity index (χ3n) is 6.86. The topological polar surface area (TPSA) is 91.8 Å². The van der Waals surface area contributed by atoms with Crippen LogP contribution in [0.4, 0.5) is 5.69 Å². The molecule has 0 spiro atoms. The fraction of sp³-hybridized carbons (Fsp3) is 0.458. The number of aryl methyl sites for hydroxylation is 1. The van der Waals surface area contributed by atoms with E-state index in [0.717, 1.165) is 55.0 Å². The number of aromatic nitrogens is 2. The second-order valence-corrected chi connectivity index (χ2v) is 9.19. The Hall–Kier alpha value is -3.13. The molecule has 0 radical (unpaired) electrons. The van der Waals surface area contributed by atoms with Gasteiger partial charge >= 0.3 is 5.97 Å². The zero-order valence-electron chi connectivity index (χ0n) is 18.6. The summed E-state index contributed by atoms with van der Waals surface area (Å²) in [6.45, 7) is 3.81. The van der Waals surface area contributed by atoms with E-state index in [0.29, 0.717) is 11.3 Å². The normalized spacial score (nSPS) is 19.8. The number of carboxylic acid groups (broad SMARTS) is 1. The number of fused-ring (bicyclic) bond motifs is 1. The molecule has 2 unspecified atom stereocenters. The number of hydrogen-bond donors (Lipinski definition) is 1. The van der Waals surface area contributed by atoms with E-state index < -0.39 is 11.4 Å². The summed E-state index contributed by atoms with van der Waals surface area (Å²) < 4.78 is 7.64. The molecule has 2 fully saturated rings. The number of carbonyl (C=O) groups is 1. The van der Waals surface area contributed by atoms with Crippen LogP contribution < -0.4 is 10.3 Å². The standard InChI is InChI=1S/C24H28N4O4/c1-14-19(27-10-8-15(12-27)21(26(2)3)23-25-9-11-32-23)7-6-17-20(14)28(16-4-5-16)13-18(22(17)29)24(30)31/h6-7,9,11,13,15-16,21H,4-5,8,10,12H2,1-3H3,(H,30,31). The van der Waals surface area contributed by atoms with Gasteiger partial charge in [0.15, 0.2) is 0 Å². The average Bonchev–Trinajstić information content (AvgIpc) is 3.25. The largest absolute Gasteiger partial charge is 0.477 e. The summed E-state index contributed by atoms with van der Waals surface area (Å²) in [7, 11) is 4.10. The molecule has 32 heavy (non-hydrogen) atoms. The van der Waals surface area contributed by atoms with E-state index in [2.05, 4.69) is 14.8 Å². The van der Waals surface area contributed by atoms with Crippen LogP contribution in [-0.4, -0.2) is 52.7 Å². The summed E-state index contributed by atoms with van der Waals surface area (Å²) >= 11 is 0. The van der Waals surface area contributed by atoms with Crippen LogP contribution in [0.25, 0.3) is 10.9 Å². The SMILES string of the molecule is Cc1c(N2CCC(C(c3ncco3)N(C)C)C2)ccc2c(=O)c(C(=O)O)cn(C3CC3)c12. The van der Waals surface area contributed by atoms with Crippen molar-refractivity contribution in [3.63, 3.8) is 0 Å². The molecule has 1 aliphatic carbocycles. The molecule has 3 aromatic rings. The maximum absolute atomic E-state index is 12.9. The smallest absolute Gasteiger partial charge is 0.341 e. The van der Waals surface area contributed by atoms with E-state index in [1.54, 1.807) is 24.7 Å². The fourth-order valence-corrected chi connectivity index (χ4v) is 5.24. The summed E-state index contributed by atoms with van der Waals surface area (Å²) in [5, 5.41) is 10.0. The van der Waals surface area contributed by atoms with E-state index in [4.69, 9.17) is 4.42 Å². The van der Waals surface area contributed by atoms with Crippen LogP contribution >= 0.6 is 0 Å². The first-order chi connectivity index (χ1) is 15.4. The number of carboxylic acids is 1. The van der Waals surface area contributed by atoms with Gasteiger partial charge in [-0.15, -0.1) is 0 Å². The van der Waals surface area contributed by atoms with Gasteiger partial charge in [0, 0.05) is 42.3 Å². The molecule has 3 heterocycles. The van der Waals surface area contributed by atoms with Gasteiger partial charge in [-0.2, -0.15) is 0 Å². The van der Waals surface area contributed by atoms with Gasteiger partial charge in [-0.05, 0) is 58.0 Å². The van der Waals surface area contributed by atoms with Crippen molar-refractivity contribution in [3.05, 3.63) is 58.0 Å². The van der Waals surface area contributed by atoms with Crippen LogP contribution in [0.1, 0.15) is 53.2 Å². The van der Waals surface area contributed by atoms with Crippen LogP contribution in [0.2, 0.25) is 0 Å². The minimum atomic E-state index is -1.17. The maximum Gasteiger partial charge on any atom is 0.341 e. The third kappa shape index (κ3) is 3.39. The summed E-state index contributed by atoms with van der Waals surface area (Å²) in [4.78, 5) is 33.4. The second kappa shape index (κ2) is 7.78. The first kappa shape index (κ1) is 20.8. The van der Waals surface area contributed by atoms with Crippen LogP contribution in [0.15, 0.2) is 40.0 Å². The number of hydrogen-bond acceptors (Lipinski definition) is 6. The molecule has 1 N–H and O–H groups in total. The van der Waals surface area contributed by atoms with Crippen LogP contribution in [-0.2, 0) is 0 Å². The summed E-state index contributed by atoms with van der Waals surface area (Å²) in [5.74, 6) is -0.0729. The Bertz CT molecular complexity index is 1230. The molecule has 2 aromatic heterocycles. The number of nitrogens with zero attached hydrogens (tertiary/aromatic N) is 4. The van der Waals surface area contributed by atoms with Crippen molar-refractivity contribution in [2.45, 2.75) is 38.3 Å². The Morgan fingerprint density at radius 2 is 2.06 bits per heavy atom. The predicted octanol–water partition coefficient (Wildman–Crippen LogP) is 3.46. The number of benzene rings is 1. The van der Waals surface area contributed by atoms with E-state index >= 15 is 0 Å². The third-order valence-corrected chi connectivity index (χ3v) is 6.86. The summed E-state index contributed by atoms with van der Waals surface area (Å²) in [6.07, 6.45) is 7.87. The van der Waals surface area contributed by atoms with E-state index in [9.17, 15) is 14.7 Å². The highest BCUT2D eigenvalue weighted by atomic mass is 16.4. The molecule has 2 aliphatic rings. The molecule has 8 nitrogen and oxygen atoms in total. The average molecular weight is 437 g/mol. The van der Waals surface area contributed by atoms with E-state index in [-0.39, 0.29) is 17.6 Å².